The lowest BCUT2D eigenvalue weighted by molar-refractivity contribution is 0.0696. The average molecular weight is 244 g/mol. The molecule has 2 aromatic rings. The first kappa shape index (κ1) is 12.0. The molecule has 0 spiro atoms. The van der Waals surface area contributed by atoms with E-state index in [1.54, 1.807) is 24.3 Å². The molecule has 0 amide bonds. The van der Waals surface area contributed by atoms with Crippen molar-refractivity contribution in [2.75, 3.05) is 0 Å². The van der Waals surface area contributed by atoms with Gasteiger partial charge in [0.25, 0.3) is 0 Å². The highest BCUT2D eigenvalue weighted by molar-refractivity contribution is 5.92. The summed E-state index contributed by atoms with van der Waals surface area (Å²) >= 11 is 0. The van der Waals surface area contributed by atoms with Gasteiger partial charge in [-0.05, 0) is 29.3 Å². The third-order valence-electron chi connectivity index (χ3n) is 2.54. The molecule has 0 fully saturated rings. The lowest BCUT2D eigenvalue weighted by atomic mass is 9.98. The van der Waals surface area contributed by atoms with Gasteiger partial charge in [-0.3, -0.25) is 4.79 Å². The summed E-state index contributed by atoms with van der Waals surface area (Å²) in [6, 6.07) is 10.1. The number of benzene rings is 2. The summed E-state index contributed by atoms with van der Waals surface area (Å²) in [6.45, 7) is 0. The van der Waals surface area contributed by atoms with Crippen molar-refractivity contribution in [2.24, 2.45) is 0 Å². The molecule has 0 saturated carbocycles. The standard InChI is InChI=1S/C14H9FO3/c15-12-6-10(5-11(7-12)14(17)18)13-4-2-1-3-9(13)8-16/h1-8H,(H,17,18). The first-order valence-electron chi connectivity index (χ1n) is 5.20. The summed E-state index contributed by atoms with van der Waals surface area (Å²) in [4.78, 5) is 21.7. The van der Waals surface area contributed by atoms with Crippen molar-refractivity contribution in [1.82, 2.24) is 0 Å². The summed E-state index contributed by atoms with van der Waals surface area (Å²) < 4.78 is 13.4. The van der Waals surface area contributed by atoms with Gasteiger partial charge in [0.2, 0.25) is 0 Å². The molecule has 0 aliphatic carbocycles. The van der Waals surface area contributed by atoms with Crippen molar-refractivity contribution in [3.63, 3.8) is 0 Å². The molecule has 0 aromatic heterocycles. The van der Waals surface area contributed by atoms with Crippen molar-refractivity contribution in [1.29, 1.82) is 0 Å². The third kappa shape index (κ3) is 2.27. The highest BCUT2D eigenvalue weighted by Crippen LogP contribution is 2.24. The molecule has 4 heteroatoms. The van der Waals surface area contributed by atoms with E-state index in [1.807, 2.05) is 0 Å². The third-order valence-corrected chi connectivity index (χ3v) is 2.54. The Hall–Kier alpha value is -2.49. The minimum atomic E-state index is -1.21. The number of rotatable bonds is 3. The fourth-order valence-electron chi connectivity index (χ4n) is 1.73. The predicted molar refractivity (Wildman–Crippen MR) is 64.2 cm³/mol. The molecule has 0 unspecified atom stereocenters. The van der Waals surface area contributed by atoms with Gasteiger partial charge in [0.15, 0.2) is 6.29 Å². The second-order valence-electron chi connectivity index (χ2n) is 3.74. The molecule has 2 aromatic carbocycles. The van der Waals surface area contributed by atoms with E-state index >= 15 is 0 Å². The summed E-state index contributed by atoms with van der Waals surface area (Å²) in [7, 11) is 0. The fraction of sp³-hybridized carbons (Fsp3) is 0. The van der Waals surface area contributed by atoms with E-state index in [2.05, 4.69) is 0 Å². The van der Waals surface area contributed by atoms with Crippen LogP contribution in [0, 0.1) is 5.82 Å². The van der Waals surface area contributed by atoms with E-state index < -0.39 is 11.8 Å². The Balaban J connectivity index is 2.63. The SMILES string of the molecule is O=Cc1ccccc1-c1cc(F)cc(C(=O)O)c1. The number of hydrogen-bond acceptors (Lipinski definition) is 2. The van der Waals surface area contributed by atoms with Crippen molar-refractivity contribution < 1.29 is 19.1 Å². The van der Waals surface area contributed by atoms with Crippen LogP contribution in [0.4, 0.5) is 4.39 Å². The van der Waals surface area contributed by atoms with Crippen LogP contribution in [0.15, 0.2) is 42.5 Å². The number of aldehydes is 1. The Morgan fingerprint density at radius 1 is 1.17 bits per heavy atom. The van der Waals surface area contributed by atoms with Crippen LogP contribution in [0.25, 0.3) is 11.1 Å². The van der Waals surface area contributed by atoms with Crippen molar-refractivity contribution in [3.8, 4) is 11.1 Å². The summed E-state index contributed by atoms with van der Waals surface area (Å²) in [5.41, 5.74) is 1.12. The molecule has 0 aliphatic heterocycles. The van der Waals surface area contributed by atoms with Gasteiger partial charge in [-0.2, -0.15) is 0 Å². The van der Waals surface area contributed by atoms with E-state index in [9.17, 15) is 14.0 Å². The summed E-state index contributed by atoms with van der Waals surface area (Å²) in [6.07, 6.45) is 0.653. The van der Waals surface area contributed by atoms with Gasteiger partial charge in [-0.1, -0.05) is 24.3 Å². The molecular weight excluding hydrogens is 235 g/mol. The second kappa shape index (κ2) is 4.79. The number of carbonyl (C=O) groups is 2. The molecule has 3 nitrogen and oxygen atoms in total. The maximum Gasteiger partial charge on any atom is 0.335 e. The maximum absolute atomic E-state index is 13.4. The highest BCUT2D eigenvalue weighted by Gasteiger charge is 2.10. The molecule has 18 heavy (non-hydrogen) atoms. The van der Waals surface area contributed by atoms with Crippen molar-refractivity contribution in [2.45, 2.75) is 0 Å². The first-order chi connectivity index (χ1) is 8.61. The molecule has 0 radical (unpaired) electrons. The van der Waals surface area contributed by atoms with Crippen LogP contribution >= 0.6 is 0 Å². The molecule has 0 atom stereocenters. The van der Waals surface area contributed by atoms with Gasteiger partial charge in [0, 0.05) is 5.56 Å². The topological polar surface area (TPSA) is 54.4 Å². The second-order valence-corrected chi connectivity index (χ2v) is 3.74. The maximum atomic E-state index is 13.4. The molecule has 2 rings (SSSR count). The number of aromatic carboxylic acids is 1. The molecule has 0 saturated heterocycles. The van der Waals surface area contributed by atoms with Gasteiger partial charge in [-0.25, -0.2) is 9.18 Å². The number of halogens is 1. The van der Waals surface area contributed by atoms with E-state index in [1.165, 1.54) is 12.1 Å². The monoisotopic (exact) mass is 244 g/mol. The van der Waals surface area contributed by atoms with Gasteiger partial charge in [0.05, 0.1) is 5.56 Å². The van der Waals surface area contributed by atoms with Crippen LogP contribution in [0.5, 0.6) is 0 Å². The van der Waals surface area contributed by atoms with Crippen LogP contribution in [0.2, 0.25) is 0 Å². The number of carbonyl (C=O) groups excluding carboxylic acids is 1. The van der Waals surface area contributed by atoms with Crippen LogP contribution in [-0.4, -0.2) is 17.4 Å². The first-order valence-corrected chi connectivity index (χ1v) is 5.20. The zero-order chi connectivity index (χ0) is 13.1. The van der Waals surface area contributed by atoms with E-state index in [0.717, 1.165) is 6.07 Å². The molecule has 0 heterocycles. The quantitative estimate of drug-likeness (QED) is 0.844. The van der Waals surface area contributed by atoms with Gasteiger partial charge < -0.3 is 5.11 Å². The molecule has 0 bridgehead atoms. The largest absolute Gasteiger partial charge is 0.478 e. The molecule has 0 aliphatic rings. The summed E-state index contributed by atoms with van der Waals surface area (Å²) in [5, 5.41) is 8.87. The molecule has 90 valence electrons. The van der Waals surface area contributed by atoms with E-state index in [4.69, 9.17) is 5.11 Å². The number of carboxylic acid groups (broad SMARTS) is 1. The Morgan fingerprint density at radius 2 is 1.89 bits per heavy atom. The lowest BCUT2D eigenvalue weighted by Gasteiger charge is -2.06. The highest BCUT2D eigenvalue weighted by atomic mass is 19.1. The van der Waals surface area contributed by atoms with Gasteiger partial charge >= 0.3 is 5.97 Å². The van der Waals surface area contributed by atoms with Crippen LogP contribution in [0.1, 0.15) is 20.7 Å². The van der Waals surface area contributed by atoms with E-state index in [0.29, 0.717) is 23.0 Å². The van der Waals surface area contributed by atoms with Crippen molar-refractivity contribution >= 4 is 12.3 Å². The summed E-state index contributed by atoms with van der Waals surface area (Å²) in [5.74, 6) is -1.86. The van der Waals surface area contributed by atoms with Crippen LogP contribution in [0.3, 0.4) is 0 Å². The Morgan fingerprint density at radius 3 is 2.56 bits per heavy atom. The predicted octanol–water partition coefficient (Wildman–Crippen LogP) is 3.00. The van der Waals surface area contributed by atoms with E-state index in [-0.39, 0.29) is 5.56 Å². The molecule has 1 N–H and O–H groups in total. The van der Waals surface area contributed by atoms with Gasteiger partial charge in [0.1, 0.15) is 5.82 Å². The van der Waals surface area contributed by atoms with Gasteiger partial charge in [-0.15, -0.1) is 0 Å². The zero-order valence-electron chi connectivity index (χ0n) is 9.26. The van der Waals surface area contributed by atoms with Crippen LogP contribution in [-0.2, 0) is 0 Å². The lowest BCUT2D eigenvalue weighted by Crippen LogP contribution is -1.98. The Labute approximate surface area is 103 Å². The minimum absolute atomic E-state index is 0.147. The van der Waals surface area contributed by atoms with Crippen LogP contribution < -0.4 is 0 Å². The smallest absolute Gasteiger partial charge is 0.335 e. The normalized spacial score (nSPS) is 10.1. The Bertz CT molecular complexity index is 620. The number of hydrogen-bond donors (Lipinski definition) is 1. The number of carboxylic acids is 1. The zero-order valence-corrected chi connectivity index (χ0v) is 9.26. The molecular formula is C14H9FO3. The Kier molecular flexibility index (Phi) is 3.19. The minimum Gasteiger partial charge on any atom is -0.478 e. The van der Waals surface area contributed by atoms with Crippen molar-refractivity contribution in [3.05, 3.63) is 59.4 Å². The fourth-order valence-corrected chi connectivity index (χ4v) is 1.73. The average Bonchev–Trinajstić information content (AvgIpc) is 2.38.